The average Bonchev–Trinajstić information content (AvgIpc) is 2.07. The van der Waals surface area contributed by atoms with Crippen LogP contribution < -0.4 is 0 Å². The molecule has 1 atom stereocenters. The van der Waals surface area contributed by atoms with Crippen molar-refractivity contribution in [2.45, 2.75) is 6.92 Å². The number of carbonyl (C=O) groups excluding carboxylic acids is 1. The van der Waals surface area contributed by atoms with Gasteiger partial charge < -0.3 is 0 Å². The fraction of sp³-hybridized carbons (Fsp3) is 0.200. The maximum atomic E-state index is 10.1. The molecule has 1 rings (SSSR count). The first-order valence-electron chi connectivity index (χ1n) is 3.76. The Morgan fingerprint density at radius 3 is 2.92 bits per heavy atom. The normalized spacial score (nSPS) is 22.9. The molecule has 0 fully saturated rings. The van der Waals surface area contributed by atoms with Gasteiger partial charge in [-0.2, -0.15) is 0 Å². The molecule has 0 radical (unpaired) electrons. The van der Waals surface area contributed by atoms with Crippen molar-refractivity contribution in [2.75, 3.05) is 0 Å². The van der Waals surface area contributed by atoms with Gasteiger partial charge in [0.25, 0.3) is 0 Å². The number of allylic oxidation sites excluding steroid dienone is 6. The van der Waals surface area contributed by atoms with Gasteiger partial charge in [-0.1, -0.05) is 0 Å². The summed E-state index contributed by atoms with van der Waals surface area (Å²) >= 11 is 2.98. The topological polar surface area (TPSA) is 17.1 Å². The van der Waals surface area contributed by atoms with Crippen LogP contribution in [0.1, 0.15) is 6.92 Å². The number of hydrogen-bond donors (Lipinski definition) is 0. The molecule has 1 aliphatic carbocycles. The van der Waals surface area contributed by atoms with E-state index in [-0.39, 0.29) is 5.92 Å². The van der Waals surface area contributed by atoms with Gasteiger partial charge in [0.1, 0.15) is 0 Å². The summed E-state index contributed by atoms with van der Waals surface area (Å²) in [4.78, 5) is 10.1. The number of aldehydes is 1. The summed E-state index contributed by atoms with van der Waals surface area (Å²) in [6, 6.07) is 0. The maximum absolute atomic E-state index is 10.1. The SMILES string of the molecule is CC1=CC(C=CC=O)C(=[Se])C=C1. The summed E-state index contributed by atoms with van der Waals surface area (Å²) in [5.74, 6) is 0.250. The molecule has 0 amide bonds. The molecule has 0 aliphatic heterocycles. The molecule has 0 bridgehead atoms. The second-order valence-corrected chi connectivity index (χ2v) is 3.68. The molecule has 1 nitrogen and oxygen atoms in total. The first-order valence-corrected chi connectivity index (χ1v) is 4.62. The molecule has 12 heavy (non-hydrogen) atoms. The summed E-state index contributed by atoms with van der Waals surface area (Å²) in [7, 11) is 0. The number of hydrogen-bond acceptors (Lipinski definition) is 1. The Balaban J connectivity index is 2.77. The van der Waals surface area contributed by atoms with Crippen molar-refractivity contribution in [2.24, 2.45) is 5.92 Å². The van der Waals surface area contributed by atoms with Crippen LogP contribution in [-0.4, -0.2) is 26.3 Å². The molecule has 0 aromatic rings. The van der Waals surface area contributed by atoms with Crippen molar-refractivity contribution in [1.82, 2.24) is 0 Å². The van der Waals surface area contributed by atoms with Gasteiger partial charge >= 0.3 is 79.9 Å². The summed E-state index contributed by atoms with van der Waals surface area (Å²) in [6.07, 6.45) is 10.4. The molecular weight excluding hydrogens is 215 g/mol. The fourth-order valence-corrected chi connectivity index (χ4v) is 1.51. The van der Waals surface area contributed by atoms with E-state index in [4.69, 9.17) is 0 Å². The van der Waals surface area contributed by atoms with Crippen LogP contribution in [0.2, 0.25) is 0 Å². The van der Waals surface area contributed by atoms with Crippen molar-refractivity contribution in [3.8, 4) is 0 Å². The molecule has 1 unspecified atom stereocenters. The van der Waals surface area contributed by atoms with E-state index in [1.54, 1.807) is 0 Å². The second kappa shape index (κ2) is 4.34. The summed E-state index contributed by atoms with van der Waals surface area (Å²) < 4.78 is 1.15. The third-order valence-electron chi connectivity index (χ3n) is 1.68. The fourth-order valence-electron chi connectivity index (χ4n) is 1.06. The van der Waals surface area contributed by atoms with Gasteiger partial charge in [0.2, 0.25) is 0 Å². The van der Waals surface area contributed by atoms with E-state index in [9.17, 15) is 4.79 Å². The van der Waals surface area contributed by atoms with E-state index in [0.717, 1.165) is 10.7 Å². The zero-order valence-corrected chi connectivity index (χ0v) is 8.57. The minimum atomic E-state index is 0.250. The summed E-state index contributed by atoms with van der Waals surface area (Å²) in [5, 5.41) is 0. The Kier molecular flexibility index (Phi) is 3.39. The minimum absolute atomic E-state index is 0.250. The second-order valence-electron chi connectivity index (χ2n) is 2.69. The first-order chi connectivity index (χ1) is 5.74. The third-order valence-corrected chi connectivity index (χ3v) is 2.54. The third kappa shape index (κ3) is 2.40. The van der Waals surface area contributed by atoms with Crippen molar-refractivity contribution >= 4 is 26.3 Å². The molecule has 0 aromatic heterocycles. The molecule has 0 aromatic carbocycles. The van der Waals surface area contributed by atoms with Gasteiger partial charge in [-0.25, -0.2) is 0 Å². The van der Waals surface area contributed by atoms with Crippen molar-refractivity contribution in [3.05, 3.63) is 36.0 Å². The van der Waals surface area contributed by atoms with Crippen LogP contribution in [0.3, 0.4) is 0 Å². The molecule has 0 spiro atoms. The summed E-state index contributed by atoms with van der Waals surface area (Å²) in [6.45, 7) is 2.05. The molecule has 0 heterocycles. The van der Waals surface area contributed by atoms with Crippen LogP contribution in [-0.2, 0) is 4.79 Å². The van der Waals surface area contributed by atoms with Crippen LogP contribution in [0.25, 0.3) is 0 Å². The number of carbonyl (C=O) groups is 1. The zero-order valence-electron chi connectivity index (χ0n) is 6.86. The van der Waals surface area contributed by atoms with Crippen molar-refractivity contribution in [3.63, 3.8) is 0 Å². The van der Waals surface area contributed by atoms with Crippen molar-refractivity contribution < 1.29 is 4.79 Å². The Morgan fingerprint density at radius 2 is 2.25 bits per heavy atom. The van der Waals surface area contributed by atoms with E-state index >= 15 is 0 Å². The van der Waals surface area contributed by atoms with Gasteiger partial charge in [0.05, 0.1) is 0 Å². The Bertz CT molecular complexity index is 284. The van der Waals surface area contributed by atoms with Crippen LogP contribution in [0.5, 0.6) is 0 Å². The van der Waals surface area contributed by atoms with Crippen LogP contribution in [0.15, 0.2) is 36.0 Å². The quantitative estimate of drug-likeness (QED) is 0.392. The van der Waals surface area contributed by atoms with E-state index in [1.807, 2.05) is 19.1 Å². The van der Waals surface area contributed by atoms with Gasteiger partial charge in [-0.05, 0) is 0 Å². The predicted octanol–water partition coefficient (Wildman–Crippen LogP) is 1.21. The molecule has 62 valence electrons. The van der Waals surface area contributed by atoms with Gasteiger partial charge in [-0.15, -0.1) is 0 Å². The Morgan fingerprint density at radius 1 is 1.50 bits per heavy atom. The van der Waals surface area contributed by atoms with E-state index in [2.05, 4.69) is 27.7 Å². The van der Waals surface area contributed by atoms with Gasteiger partial charge in [0.15, 0.2) is 0 Å². The first kappa shape index (κ1) is 9.37. The average molecular weight is 225 g/mol. The Hall–Kier alpha value is -0.721. The molecule has 1 aliphatic rings. The monoisotopic (exact) mass is 226 g/mol. The summed E-state index contributed by atoms with van der Waals surface area (Å²) in [5.41, 5.74) is 1.23. The predicted molar refractivity (Wildman–Crippen MR) is 52.4 cm³/mol. The molecule has 0 N–H and O–H groups in total. The molecule has 0 saturated carbocycles. The molecular formula is C10H10OSe. The van der Waals surface area contributed by atoms with Gasteiger partial charge in [-0.3, -0.25) is 0 Å². The molecule has 0 saturated heterocycles. The molecule has 2 heteroatoms. The standard InChI is InChI=1S/C10H10OSe/c1-8-4-5-10(12)9(7-8)3-2-6-11/h2-7,9H,1H3. The van der Waals surface area contributed by atoms with Crippen LogP contribution >= 0.6 is 0 Å². The van der Waals surface area contributed by atoms with Crippen LogP contribution in [0, 0.1) is 5.92 Å². The van der Waals surface area contributed by atoms with Gasteiger partial charge in [0, 0.05) is 0 Å². The Labute approximate surface area is 80.2 Å². The zero-order chi connectivity index (χ0) is 8.97. The van der Waals surface area contributed by atoms with E-state index in [1.165, 1.54) is 11.6 Å². The van der Waals surface area contributed by atoms with E-state index in [0.29, 0.717) is 0 Å². The van der Waals surface area contributed by atoms with E-state index < -0.39 is 0 Å². The number of rotatable bonds is 2. The van der Waals surface area contributed by atoms with Crippen molar-refractivity contribution in [1.29, 1.82) is 0 Å². The van der Waals surface area contributed by atoms with Crippen LogP contribution in [0.4, 0.5) is 0 Å².